The van der Waals surface area contributed by atoms with Crippen molar-refractivity contribution in [2.45, 2.75) is 39.3 Å². The van der Waals surface area contributed by atoms with Gasteiger partial charge in [0.2, 0.25) is 0 Å². The Bertz CT molecular complexity index is 351. The van der Waals surface area contributed by atoms with E-state index in [4.69, 9.17) is 5.73 Å². The van der Waals surface area contributed by atoms with Gasteiger partial charge in [0.25, 0.3) is 0 Å². The second kappa shape index (κ2) is 4.83. The number of hydrogen-bond donors (Lipinski definition) is 1. The summed E-state index contributed by atoms with van der Waals surface area (Å²) in [5.74, 6) is 0.787. The average molecular weight is 219 g/mol. The highest BCUT2D eigenvalue weighted by Gasteiger charge is 2.24. The number of nitrogens with zero attached hydrogens (tertiary/aromatic N) is 2. The van der Waals surface area contributed by atoms with Gasteiger partial charge in [-0.15, -0.1) is 0 Å². The molecule has 0 bridgehead atoms. The highest BCUT2D eigenvalue weighted by molar-refractivity contribution is 5.37. The van der Waals surface area contributed by atoms with E-state index in [-0.39, 0.29) is 0 Å². The third-order valence-corrected chi connectivity index (χ3v) is 3.71. The molecule has 3 nitrogen and oxygen atoms in total. The summed E-state index contributed by atoms with van der Waals surface area (Å²) in [6.45, 7) is 6.76. The van der Waals surface area contributed by atoms with Crippen LogP contribution in [0.1, 0.15) is 32.4 Å². The minimum atomic E-state index is 0.650. The lowest BCUT2D eigenvalue weighted by atomic mass is 9.92. The molecule has 16 heavy (non-hydrogen) atoms. The van der Waals surface area contributed by atoms with Gasteiger partial charge in [-0.2, -0.15) is 0 Å². The molecule has 1 saturated heterocycles. The van der Waals surface area contributed by atoms with Gasteiger partial charge in [-0.25, -0.2) is 0 Å². The minimum Gasteiger partial charge on any atom is -0.399 e. The predicted octanol–water partition coefficient (Wildman–Crippen LogP) is 2.28. The van der Waals surface area contributed by atoms with Crippen LogP contribution in [0.5, 0.6) is 0 Å². The summed E-state index contributed by atoms with van der Waals surface area (Å²) >= 11 is 0. The van der Waals surface area contributed by atoms with E-state index in [1.807, 2.05) is 12.1 Å². The molecule has 0 aliphatic carbocycles. The predicted molar refractivity (Wildman–Crippen MR) is 66.9 cm³/mol. The van der Waals surface area contributed by atoms with E-state index in [9.17, 15) is 0 Å². The average Bonchev–Trinajstić information content (AvgIpc) is 2.25. The van der Waals surface area contributed by atoms with E-state index in [1.165, 1.54) is 19.4 Å². The molecule has 3 heteroatoms. The fourth-order valence-electron chi connectivity index (χ4n) is 2.44. The van der Waals surface area contributed by atoms with Crippen LogP contribution in [0.2, 0.25) is 0 Å². The number of rotatable bonds is 2. The second-order valence-corrected chi connectivity index (χ2v) is 4.91. The van der Waals surface area contributed by atoms with Crippen LogP contribution in [-0.4, -0.2) is 22.5 Å². The summed E-state index contributed by atoms with van der Waals surface area (Å²) in [4.78, 5) is 6.88. The molecule has 2 unspecified atom stereocenters. The van der Waals surface area contributed by atoms with E-state index in [1.54, 1.807) is 6.20 Å². The third-order valence-electron chi connectivity index (χ3n) is 3.71. The number of aromatic nitrogens is 1. The zero-order chi connectivity index (χ0) is 11.5. The number of pyridine rings is 1. The monoisotopic (exact) mass is 219 g/mol. The van der Waals surface area contributed by atoms with Gasteiger partial charge in [-0.05, 0) is 44.4 Å². The van der Waals surface area contributed by atoms with Gasteiger partial charge in [0.05, 0.1) is 5.69 Å². The molecule has 1 aromatic heterocycles. The fourth-order valence-corrected chi connectivity index (χ4v) is 2.44. The van der Waals surface area contributed by atoms with Crippen molar-refractivity contribution in [3.05, 3.63) is 24.0 Å². The van der Waals surface area contributed by atoms with Crippen LogP contribution in [0.25, 0.3) is 0 Å². The molecular formula is C13H21N3. The first-order valence-corrected chi connectivity index (χ1v) is 6.11. The van der Waals surface area contributed by atoms with Gasteiger partial charge in [0.1, 0.15) is 0 Å². The molecule has 0 radical (unpaired) electrons. The maximum Gasteiger partial charge on any atom is 0.0564 e. The summed E-state index contributed by atoms with van der Waals surface area (Å²) in [5.41, 5.74) is 7.66. The van der Waals surface area contributed by atoms with Crippen LogP contribution in [0.4, 0.5) is 5.69 Å². The van der Waals surface area contributed by atoms with Crippen molar-refractivity contribution < 1.29 is 0 Å². The molecule has 0 saturated carbocycles. The normalized spacial score (nSPS) is 26.9. The maximum atomic E-state index is 5.77. The molecule has 1 fully saturated rings. The van der Waals surface area contributed by atoms with Gasteiger partial charge >= 0.3 is 0 Å². The summed E-state index contributed by atoms with van der Waals surface area (Å²) in [7, 11) is 0. The van der Waals surface area contributed by atoms with Gasteiger partial charge in [0, 0.05) is 24.5 Å². The maximum absolute atomic E-state index is 5.77. The van der Waals surface area contributed by atoms with Crippen LogP contribution >= 0.6 is 0 Å². The Morgan fingerprint density at radius 1 is 1.50 bits per heavy atom. The highest BCUT2D eigenvalue weighted by Crippen LogP contribution is 2.24. The first-order valence-electron chi connectivity index (χ1n) is 6.11. The van der Waals surface area contributed by atoms with E-state index in [0.717, 1.165) is 23.8 Å². The lowest BCUT2D eigenvalue weighted by molar-refractivity contribution is 0.105. The minimum absolute atomic E-state index is 0.650. The van der Waals surface area contributed by atoms with Crippen molar-refractivity contribution in [1.29, 1.82) is 0 Å². The molecule has 88 valence electrons. The molecular weight excluding hydrogens is 198 g/mol. The topological polar surface area (TPSA) is 42.1 Å². The molecule has 2 heterocycles. The van der Waals surface area contributed by atoms with Gasteiger partial charge in [0.15, 0.2) is 0 Å². The molecule has 2 N–H and O–H groups in total. The first kappa shape index (κ1) is 11.4. The van der Waals surface area contributed by atoms with Crippen LogP contribution in [0.3, 0.4) is 0 Å². The lowest BCUT2D eigenvalue weighted by Crippen LogP contribution is -2.41. The zero-order valence-electron chi connectivity index (χ0n) is 10.2. The first-order chi connectivity index (χ1) is 7.66. The van der Waals surface area contributed by atoms with Gasteiger partial charge in [-0.3, -0.25) is 9.88 Å². The lowest BCUT2D eigenvalue weighted by Gasteiger charge is -2.37. The molecule has 2 rings (SSSR count). The summed E-state index contributed by atoms with van der Waals surface area (Å²) < 4.78 is 0. The largest absolute Gasteiger partial charge is 0.399 e. The summed E-state index contributed by atoms with van der Waals surface area (Å²) in [6, 6.07) is 4.47. The standard InChI is InChI=1S/C13H21N3/c1-10-4-3-7-16(11(10)2)9-13-8-12(14)5-6-15-13/h5-6,8,10-11H,3-4,7,9H2,1-2H3,(H2,14,15). The van der Waals surface area contributed by atoms with Crippen molar-refractivity contribution >= 4 is 5.69 Å². The smallest absolute Gasteiger partial charge is 0.0564 e. The number of likely N-dealkylation sites (tertiary alicyclic amines) is 1. The number of nitrogen functional groups attached to an aromatic ring is 1. The number of piperidine rings is 1. The van der Waals surface area contributed by atoms with Crippen molar-refractivity contribution in [1.82, 2.24) is 9.88 Å². The molecule has 0 amide bonds. The molecule has 1 aliphatic rings. The summed E-state index contributed by atoms with van der Waals surface area (Å²) in [5, 5.41) is 0. The summed E-state index contributed by atoms with van der Waals surface area (Å²) in [6.07, 6.45) is 4.44. The van der Waals surface area contributed by atoms with Gasteiger partial charge < -0.3 is 5.73 Å². The number of anilines is 1. The number of nitrogens with two attached hydrogens (primary N) is 1. The third kappa shape index (κ3) is 2.53. The van der Waals surface area contributed by atoms with Crippen molar-refractivity contribution in [2.24, 2.45) is 5.92 Å². The SMILES string of the molecule is CC1CCCN(Cc2cc(N)ccn2)C1C. The second-order valence-electron chi connectivity index (χ2n) is 4.91. The Hall–Kier alpha value is -1.09. The Balaban J connectivity index is 2.03. The molecule has 1 aromatic rings. The van der Waals surface area contributed by atoms with Crippen LogP contribution in [0, 0.1) is 5.92 Å². The van der Waals surface area contributed by atoms with Gasteiger partial charge in [-0.1, -0.05) is 6.92 Å². The molecule has 1 aliphatic heterocycles. The zero-order valence-corrected chi connectivity index (χ0v) is 10.2. The molecule has 2 atom stereocenters. The Morgan fingerprint density at radius 2 is 2.31 bits per heavy atom. The Kier molecular flexibility index (Phi) is 3.44. The van der Waals surface area contributed by atoms with Crippen LogP contribution in [0.15, 0.2) is 18.3 Å². The van der Waals surface area contributed by atoms with Crippen molar-refractivity contribution in [3.8, 4) is 0 Å². The quantitative estimate of drug-likeness (QED) is 0.829. The van der Waals surface area contributed by atoms with Crippen LogP contribution in [-0.2, 0) is 6.54 Å². The van der Waals surface area contributed by atoms with E-state index in [0.29, 0.717) is 6.04 Å². The van der Waals surface area contributed by atoms with Crippen LogP contribution < -0.4 is 5.73 Å². The van der Waals surface area contributed by atoms with Crippen molar-refractivity contribution in [2.75, 3.05) is 12.3 Å². The van der Waals surface area contributed by atoms with E-state index < -0.39 is 0 Å². The molecule has 0 aromatic carbocycles. The Morgan fingerprint density at radius 3 is 3.06 bits per heavy atom. The van der Waals surface area contributed by atoms with E-state index >= 15 is 0 Å². The van der Waals surface area contributed by atoms with E-state index in [2.05, 4.69) is 23.7 Å². The molecule has 0 spiro atoms. The van der Waals surface area contributed by atoms with Crippen molar-refractivity contribution in [3.63, 3.8) is 0 Å². The highest BCUT2D eigenvalue weighted by atomic mass is 15.2. The fraction of sp³-hybridized carbons (Fsp3) is 0.615. The number of hydrogen-bond acceptors (Lipinski definition) is 3. The Labute approximate surface area is 97.7 Å².